The third-order valence-corrected chi connectivity index (χ3v) is 4.81. The standard InChI is InChI=1S/C21H28N4O2/c1-16-4-9-20(27-3)19(14-16)22-15-21(26)23-17-5-7-18(8-6-17)25-12-10-24(2)11-13-25/h4-9,14,22H,10-13,15H2,1-3H3,(H,23,26). The van der Waals surface area contributed by atoms with Gasteiger partial charge >= 0.3 is 0 Å². The lowest BCUT2D eigenvalue weighted by Gasteiger charge is -2.34. The van der Waals surface area contributed by atoms with Gasteiger partial charge in [0.15, 0.2) is 0 Å². The first-order valence-electron chi connectivity index (χ1n) is 9.27. The van der Waals surface area contributed by atoms with Crippen molar-refractivity contribution in [2.24, 2.45) is 0 Å². The molecule has 1 amide bonds. The largest absolute Gasteiger partial charge is 0.495 e. The molecule has 1 saturated heterocycles. The minimum atomic E-state index is -0.0918. The monoisotopic (exact) mass is 368 g/mol. The fourth-order valence-corrected chi connectivity index (χ4v) is 3.16. The molecule has 0 radical (unpaired) electrons. The summed E-state index contributed by atoms with van der Waals surface area (Å²) in [6.07, 6.45) is 0. The molecule has 0 atom stereocenters. The number of ether oxygens (including phenoxy) is 1. The van der Waals surface area contributed by atoms with Gasteiger partial charge in [-0.15, -0.1) is 0 Å². The lowest BCUT2D eigenvalue weighted by atomic mass is 10.2. The Balaban J connectivity index is 1.53. The highest BCUT2D eigenvalue weighted by Gasteiger charge is 2.14. The van der Waals surface area contributed by atoms with Crippen LogP contribution in [-0.2, 0) is 4.79 Å². The van der Waals surface area contributed by atoms with Crippen LogP contribution in [0.5, 0.6) is 5.75 Å². The van der Waals surface area contributed by atoms with Crippen LogP contribution >= 0.6 is 0 Å². The molecule has 3 rings (SSSR count). The number of hydrogen-bond acceptors (Lipinski definition) is 5. The first-order valence-corrected chi connectivity index (χ1v) is 9.27. The molecule has 0 unspecified atom stereocenters. The Bertz CT molecular complexity index is 768. The molecule has 0 spiro atoms. The molecule has 144 valence electrons. The number of nitrogens with one attached hydrogen (secondary N) is 2. The van der Waals surface area contributed by atoms with Gasteiger partial charge in [-0.2, -0.15) is 0 Å². The predicted octanol–water partition coefficient (Wildman–Crippen LogP) is 2.81. The minimum absolute atomic E-state index is 0.0918. The molecule has 0 bridgehead atoms. The van der Waals surface area contributed by atoms with E-state index in [1.54, 1.807) is 7.11 Å². The summed E-state index contributed by atoms with van der Waals surface area (Å²) >= 11 is 0. The number of methoxy groups -OCH3 is 1. The van der Waals surface area contributed by atoms with Gasteiger partial charge in [-0.1, -0.05) is 6.07 Å². The van der Waals surface area contributed by atoms with Gasteiger partial charge in [0.25, 0.3) is 0 Å². The van der Waals surface area contributed by atoms with Crippen molar-refractivity contribution < 1.29 is 9.53 Å². The summed E-state index contributed by atoms with van der Waals surface area (Å²) in [7, 11) is 3.77. The van der Waals surface area contributed by atoms with Crippen LogP contribution in [0.25, 0.3) is 0 Å². The average molecular weight is 368 g/mol. The van der Waals surface area contributed by atoms with Crippen LogP contribution in [0.15, 0.2) is 42.5 Å². The molecule has 6 nitrogen and oxygen atoms in total. The quantitative estimate of drug-likeness (QED) is 0.821. The Hall–Kier alpha value is -2.73. The summed E-state index contributed by atoms with van der Waals surface area (Å²) in [6, 6.07) is 13.9. The second kappa shape index (κ2) is 8.77. The average Bonchev–Trinajstić information content (AvgIpc) is 2.68. The maximum absolute atomic E-state index is 12.3. The summed E-state index contributed by atoms with van der Waals surface area (Å²) in [5, 5.41) is 6.07. The smallest absolute Gasteiger partial charge is 0.243 e. The number of carbonyl (C=O) groups is 1. The highest BCUT2D eigenvalue weighted by molar-refractivity contribution is 5.94. The molecule has 1 fully saturated rings. The van der Waals surface area contributed by atoms with Crippen LogP contribution in [-0.4, -0.2) is 57.7 Å². The van der Waals surface area contributed by atoms with Crippen LogP contribution < -0.4 is 20.3 Å². The third kappa shape index (κ3) is 5.14. The van der Waals surface area contributed by atoms with E-state index in [-0.39, 0.29) is 12.5 Å². The Labute approximate surface area is 161 Å². The fraction of sp³-hybridized carbons (Fsp3) is 0.381. The summed E-state index contributed by atoms with van der Waals surface area (Å²) < 4.78 is 5.33. The maximum atomic E-state index is 12.3. The highest BCUT2D eigenvalue weighted by Crippen LogP contribution is 2.25. The molecule has 6 heteroatoms. The minimum Gasteiger partial charge on any atom is -0.495 e. The van der Waals surface area contributed by atoms with E-state index in [0.29, 0.717) is 0 Å². The highest BCUT2D eigenvalue weighted by atomic mass is 16.5. The SMILES string of the molecule is COc1ccc(C)cc1NCC(=O)Nc1ccc(N2CCN(C)CC2)cc1. The second-order valence-corrected chi connectivity index (χ2v) is 6.94. The topological polar surface area (TPSA) is 56.8 Å². The van der Waals surface area contributed by atoms with Crippen LogP contribution in [0.1, 0.15) is 5.56 Å². The Morgan fingerprint density at radius 2 is 1.78 bits per heavy atom. The summed E-state index contributed by atoms with van der Waals surface area (Å²) in [5.74, 6) is 0.635. The van der Waals surface area contributed by atoms with Crippen molar-refractivity contribution in [3.8, 4) is 5.75 Å². The summed E-state index contributed by atoms with van der Waals surface area (Å²) in [6.45, 7) is 6.40. The van der Waals surface area contributed by atoms with Gasteiger partial charge in [-0.3, -0.25) is 4.79 Å². The number of aryl methyl sites for hydroxylation is 1. The van der Waals surface area contributed by atoms with E-state index >= 15 is 0 Å². The lowest BCUT2D eigenvalue weighted by molar-refractivity contribution is -0.114. The van der Waals surface area contributed by atoms with Crippen molar-refractivity contribution in [1.29, 1.82) is 0 Å². The molecule has 0 aliphatic carbocycles. The number of amides is 1. The zero-order chi connectivity index (χ0) is 19.2. The first-order chi connectivity index (χ1) is 13.0. The van der Waals surface area contributed by atoms with Crippen molar-refractivity contribution in [2.45, 2.75) is 6.92 Å². The van der Waals surface area contributed by atoms with Gasteiger partial charge in [0.2, 0.25) is 5.91 Å². The molecule has 2 N–H and O–H groups in total. The molecule has 2 aromatic carbocycles. The number of piperazine rings is 1. The number of benzene rings is 2. The number of hydrogen-bond donors (Lipinski definition) is 2. The molecule has 1 aliphatic rings. The van der Waals surface area contributed by atoms with Gasteiger partial charge in [-0.25, -0.2) is 0 Å². The number of anilines is 3. The normalized spacial score (nSPS) is 14.7. The van der Waals surface area contributed by atoms with Crippen LogP contribution in [0.4, 0.5) is 17.1 Å². The number of nitrogens with zero attached hydrogens (tertiary/aromatic N) is 2. The lowest BCUT2D eigenvalue weighted by Crippen LogP contribution is -2.44. The predicted molar refractivity (Wildman–Crippen MR) is 111 cm³/mol. The Kier molecular flexibility index (Phi) is 6.19. The molecule has 1 heterocycles. The number of rotatable bonds is 6. The van der Waals surface area contributed by atoms with Crippen molar-refractivity contribution in [1.82, 2.24) is 4.90 Å². The summed E-state index contributed by atoms with van der Waals surface area (Å²) in [5.41, 5.74) is 3.93. The van der Waals surface area contributed by atoms with Crippen LogP contribution in [0, 0.1) is 6.92 Å². The number of carbonyl (C=O) groups excluding carboxylic acids is 1. The first kappa shape index (κ1) is 19.0. The van der Waals surface area contributed by atoms with Crippen molar-refractivity contribution in [3.05, 3.63) is 48.0 Å². The molecule has 2 aromatic rings. The van der Waals surface area contributed by atoms with E-state index < -0.39 is 0 Å². The van der Waals surface area contributed by atoms with Crippen molar-refractivity contribution in [3.63, 3.8) is 0 Å². The Morgan fingerprint density at radius 3 is 2.44 bits per heavy atom. The maximum Gasteiger partial charge on any atom is 0.243 e. The number of likely N-dealkylation sites (N-methyl/N-ethyl adjacent to an activating group) is 1. The van der Waals surface area contributed by atoms with E-state index in [9.17, 15) is 4.79 Å². The zero-order valence-electron chi connectivity index (χ0n) is 16.3. The van der Waals surface area contributed by atoms with Crippen molar-refractivity contribution in [2.75, 3.05) is 62.4 Å². The molecule has 27 heavy (non-hydrogen) atoms. The fourth-order valence-electron chi connectivity index (χ4n) is 3.16. The molecule has 1 aliphatic heterocycles. The third-order valence-electron chi connectivity index (χ3n) is 4.81. The summed E-state index contributed by atoms with van der Waals surface area (Å²) in [4.78, 5) is 17.0. The van der Waals surface area contributed by atoms with E-state index in [2.05, 4.69) is 39.6 Å². The molecule has 0 aromatic heterocycles. The van der Waals surface area contributed by atoms with E-state index in [1.807, 2.05) is 37.3 Å². The molecule has 0 saturated carbocycles. The van der Waals surface area contributed by atoms with Crippen LogP contribution in [0.3, 0.4) is 0 Å². The second-order valence-electron chi connectivity index (χ2n) is 6.94. The van der Waals surface area contributed by atoms with Gasteiger partial charge in [0, 0.05) is 37.6 Å². The zero-order valence-corrected chi connectivity index (χ0v) is 16.3. The van der Waals surface area contributed by atoms with E-state index in [4.69, 9.17) is 4.74 Å². The van der Waals surface area contributed by atoms with Gasteiger partial charge in [-0.05, 0) is 55.9 Å². The van der Waals surface area contributed by atoms with Crippen LogP contribution in [0.2, 0.25) is 0 Å². The molecular formula is C21H28N4O2. The van der Waals surface area contributed by atoms with E-state index in [0.717, 1.165) is 48.9 Å². The Morgan fingerprint density at radius 1 is 1.07 bits per heavy atom. The molecular weight excluding hydrogens is 340 g/mol. The van der Waals surface area contributed by atoms with Gasteiger partial charge in [0.1, 0.15) is 5.75 Å². The van der Waals surface area contributed by atoms with Crippen molar-refractivity contribution >= 4 is 23.0 Å². The van der Waals surface area contributed by atoms with Gasteiger partial charge < -0.3 is 25.2 Å². The van der Waals surface area contributed by atoms with Gasteiger partial charge in [0.05, 0.1) is 19.3 Å². The van der Waals surface area contributed by atoms with E-state index in [1.165, 1.54) is 5.69 Å².